The molecular formula is C17H15Cl2NO5S. The van der Waals surface area contributed by atoms with Crippen molar-refractivity contribution < 1.29 is 17.6 Å². The summed E-state index contributed by atoms with van der Waals surface area (Å²) in [4.78, 5) is 11.7. The summed E-state index contributed by atoms with van der Waals surface area (Å²) in [6.07, 6.45) is 0. The summed E-state index contributed by atoms with van der Waals surface area (Å²) in [7, 11) is -2.38. The van der Waals surface area contributed by atoms with Gasteiger partial charge >= 0.3 is 5.76 Å². The molecule has 0 radical (unpaired) electrons. The van der Waals surface area contributed by atoms with Crippen molar-refractivity contribution in [1.29, 1.82) is 0 Å². The summed E-state index contributed by atoms with van der Waals surface area (Å²) < 4.78 is 37.5. The molecule has 0 saturated heterocycles. The van der Waals surface area contributed by atoms with Gasteiger partial charge < -0.3 is 9.15 Å². The molecule has 0 unspecified atom stereocenters. The summed E-state index contributed by atoms with van der Waals surface area (Å²) in [6, 6.07) is 7.44. The second kappa shape index (κ2) is 6.98. The van der Waals surface area contributed by atoms with Crippen LogP contribution in [0.1, 0.15) is 12.5 Å². The number of nitrogens with zero attached hydrogens (tertiary/aromatic N) is 1. The first kappa shape index (κ1) is 18.8. The minimum atomic E-state index is -3.83. The highest BCUT2D eigenvalue weighted by Crippen LogP contribution is 2.32. The van der Waals surface area contributed by atoms with E-state index in [1.807, 2.05) is 0 Å². The van der Waals surface area contributed by atoms with E-state index in [4.69, 9.17) is 32.4 Å². The van der Waals surface area contributed by atoms with Gasteiger partial charge in [0.2, 0.25) is 0 Å². The van der Waals surface area contributed by atoms with Crippen LogP contribution in [0.3, 0.4) is 0 Å². The predicted octanol–water partition coefficient (Wildman–Crippen LogP) is 3.90. The summed E-state index contributed by atoms with van der Waals surface area (Å²) in [5, 5.41) is 0.378. The Balaban J connectivity index is 2.14. The van der Waals surface area contributed by atoms with Crippen molar-refractivity contribution in [3.63, 3.8) is 0 Å². The van der Waals surface area contributed by atoms with Crippen LogP contribution in [0.5, 0.6) is 5.75 Å². The molecule has 138 valence electrons. The molecular weight excluding hydrogens is 401 g/mol. The van der Waals surface area contributed by atoms with Gasteiger partial charge in [0.25, 0.3) is 0 Å². The van der Waals surface area contributed by atoms with E-state index < -0.39 is 15.6 Å². The van der Waals surface area contributed by atoms with Crippen molar-refractivity contribution >= 4 is 44.1 Å². The number of aryl methyl sites for hydroxylation is 1. The van der Waals surface area contributed by atoms with Gasteiger partial charge in [-0.3, -0.25) is 4.57 Å². The Labute approximate surface area is 159 Å². The molecule has 2 aromatic carbocycles. The van der Waals surface area contributed by atoms with Gasteiger partial charge in [-0.25, -0.2) is 13.2 Å². The van der Waals surface area contributed by atoms with E-state index in [-0.39, 0.29) is 21.3 Å². The predicted molar refractivity (Wildman–Crippen MR) is 100 cm³/mol. The molecule has 3 rings (SSSR count). The minimum Gasteiger partial charge on any atom is -0.496 e. The van der Waals surface area contributed by atoms with E-state index in [0.29, 0.717) is 28.4 Å². The molecule has 0 fully saturated rings. The minimum absolute atomic E-state index is 0.0181. The van der Waals surface area contributed by atoms with E-state index >= 15 is 0 Å². The molecule has 6 nitrogen and oxygen atoms in total. The lowest BCUT2D eigenvalue weighted by Gasteiger charge is -2.11. The number of halogens is 2. The van der Waals surface area contributed by atoms with Crippen molar-refractivity contribution in [1.82, 2.24) is 4.57 Å². The lowest BCUT2D eigenvalue weighted by Crippen LogP contribution is -2.12. The maximum atomic E-state index is 13.0. The van der Waals surface area contributed by atoms with Crippen molar-refractivity contribution in [2.75, 3.05) is 7.11 Å². The molecule has 0 aliphatic rings. The maximum absolute atomic E-state index is 13.0. The second-order valence-corrected chi connectivity index (χ2v) is 8.38. The number of rotatable bonds is 5. The number of ether oxygens (including phenoxy) is 1. The lowest BCUT2D eigenvalue weighted by atomic mass is 10.2. The van der Waals surface area contributed by atoms with Gasteiger partial charge in [0.05, 0.1) is 28.3 Å². The molecule has 26 heavy (non-hydrogen) atoms. The monoisotopic (exact) mass is 415 g/mol. The fourth-order valence-electron chi connectivity index (χ4n) is 2.74. The van der Waals surface area contributed by atoms with Crippen LogP contribution in [0.2, 0.25) is 10.0 Å². The first-order valence-electron chi connectivity index (χ1n) is 7.65. The van der Waals surface area contributed by atoms with E-state index in [1.165, 1.54) is 29.9 Å². The smallest absolute Gasteiger partial charge is 0.419 e. The molecule has 0 atom stereocenters. The zero-order valence-electron chi connectivity index (χ0n) is 14.0. The molecule has 0 N–H and O–H groups in total. The number of methoxy groups -OCH3 is 1. The number of sulfone groups is 1. The highest BCUT2D eigenvalue weighted by atomic mass is 35.5. The molecule has 0 aliphatic heterocycles. The van der Waals surface area contributed by atoms with Gasteiger partial charge in [-0.2, -0.15) is 0 Å². The van der Waals surface area contributed by atoms with Crippen LogP contribution in [0.15, 0.2) is 44.4 Å². The zero-order valence-corrected chi connectivity index (χ0v) is 16.3. The van der Waals surface area contributed by atoms with Gasteiger partial charge in [0.15, 0.2) is 15.4 Å². The van der Waals surface area contributed by atoms with Gasteiger partial charge in [-0.05, 0) is 31.2 Å². The molecule has 1 aromatic heterocycles. The summed E-state index contributed by atoms with van der Waals surface area (Å²) in [5.41, 5.74) is 1.02. The van der Waals surface area contributed by atoms with Crippen molar-refractivity contribution in [2.24, 2.45) is 0 Å². The van der Waals surface area contributed by atoms with Crippen LogP contribution in [0.25, 0.3) is 11.1 Å². The molecule has 3 aromatic rings. The molecule has 0 aliphatic carbocycles. The number of oxazole rings is 1. The molecule has 9 heteroatoms. The van der Waals surface area contributed by atoms with Gasteiger partial charge in [-0.1, -0.05) is 23.2 Å². The van der Waals surface area contributed by atoms with Gasteiger partial charge in [-0.15, -0.1) is 0 Å². The van der Waals surface area contributed by atoms with Crippen LogP contribution >= 0.6 is 23.2 Å². The molecule has 0 spiro atoms. The Morgan fingerprint density at radius 3 is 2.58 bits per heavy atom. The van der Waals surface area contributed by atoms with E-state index in [2.05, 4.69) is 0 Å². The summed E-state index contributed by atoms with van der Waals surface area (Å²) >= 11 is 12.1. The zero-order chi connectivity index (χ0) is 19.1. The van der Waals surface area contributed by atoms with Crippen molar-refractivity contribution in [2.45, 2.75) is 24.1 Å². The third-order valence-electron chi connectivity index (χ3n) is 3.96. The number of aromatic nitrogens is 1. The number of benzene rings is 2. The summed E-state index contributed by atoms with van der Waals surface area (Å²) in [5.74, 6) is -0.510. The van der Waals surface area contributed by atoms with Crippen LogP contribution in [-0.4, -0.2) is 20.1 Å². The van der Waals surface area contributed by atoms with Crippen molar-refractivity contribution in [3.8, 4) is 5.75 Å². The average Bonchev–Trinajstić information content (AvgIpc) is 2.87. The highest BCUT2D eigenvalue weighted by Gasteiger charge is 2.23. The molecule has 0 saturated carbocycles. The standard InChI is InChI=1S/C17H15Cl2NO5S/c1-3-20-13-8-16(12(19)7-15(13)25-17(20)21)26(22,23)9-10-6-11(18)4-5-14(10)24-2/h4-8H,3,9H2,1-2H3. The molecule has 0 bridgehead atoms. The largest absolute Gasteiger partial charge is 0.496 e. The Bertz CT molecular complexity index is 1150. The van der Waals surface area contributed by atoms with E-state index in [9.17, 15) is 13.2 Å². The molecule has 1 heterocycles. The fraction of sp³-hybridized carbons (Fsp3) is 0.235. The Morgan fingerprint density at radius 1 is 1.19 bits per heavy atom. The topological polar surface area (TPSA) is 78.5 Å². The Kier molecular flexibility index (Phi) is 5.05. The fourth-order valence-corrected chi connectivity index (χ4v) is 4.88. The van der Waals surface area contributed by atoms with Crippen molar-refractivity contribution in [3.05, 3.63) is 56.5 Å². The number of fused-ring (bicyclic) bond motifs is 1. The average molecular weight is 416 g/mol. The Morgan fingerprint density at radius 2 is 1.92 bits per heavy atom. The number of hydrogen-bond acceptors (Lipinski definition) is 5. The third-order valence-corrected chi connectivity index (χ3v) is 6.32. The highest BCUT2D eigenvalue weighted by molar-refractivity contribution is 7.90. The van der Waals surface area contributed by atoms with Gasteiger partial charge in [0.1, 0.15) is 5.75 Å². The first-order valence-corrected chi connectivity index (χ1v) is 10.1. The van der Waals surface area contributed by atoms with E-state index in [0.717, 1.165) is 0 Å². The van der Waals surface area contributed by atoms with E-state index in [1.54, 1.807) is 19.1 Å². The maximum Gasteiger partial charge on any atom is 0.419 e. The second-order valence-electron chi connectivity index (χ2n) is 5.58. The number of hydrogen-bond donors (Lipinski definition) is 0. The van der Waals surface area contributed by atoms with Gasteiger partial charge in [0, 0.05) is 23.2 Å². The first-order chi connectivity index (χ1) is 12.3. The normalized spacial score (nSPS) is 11.8. The van der Waals surface area contributed by atoms with Crippen LogP contribution < -0.4 is 10.5 Å². The SMILES string of the molecule is CCn1c(=O)oc2cc(Cl)c(S(=O)(=O)Cc3cc(Cl)ccc3OC)cc21. The lowest BCUT2D eigenvalue weighted by molar-refractivity contribution is 0.411. The molecule has 0 amide bonds. The third kappa shape index (κ3) is 3.34. The van der Waals surface area contributed by atoms with Crippen LogP contribution in [-0.2, 0) is 22.1 Å². The Hall–Kier alpha value is -1.96. The summed E-state index contributed by atoms with van der Waals surface area (Å²) in [6.45, 7) is 2.10. The quantitative estimate of drug-likeness (QED) is 0.630. The van der Waals surface area contributed by atoms with Crippen LogP contribution in [0, 0.1) is 0 Å². The van der Waals surface area contributed by atoms with Crippen LogP contribution in [0.4, 0.5) is 0 Å².